The molecule has 25 nitrogen and oxygen atoms in total. The quantitative estimate of drug-likeness (QED) is 0.0128. The first-order valence-corrected chi connectivity index (χ1v) is 32.6. The molecule has 39 heteroatoms. The molecule has 0 radical (unpaired) electrons. The highest BCUT2D eigenvalue weighted by atomic mass is 35.5. The average molecular weight is 1440 g/mol. The minimum absolute atomic E-state index is 0.106. The van der Waals surface area contributed by atoms with E-state index in [2.05, 4.69) is 32.3 Å². The molecule has 2 aliphatic rings. The van der Waals surface area contributed by atoms with Crippen molar-refractivity contribution in [1.82, 2.24) is 39.5 Å². The first-order valence-electron chi connectivity index (χ1n) is 27.7. The predicted molar refractivity (Wildman–Crippen MR) is 315 cm³/mol. The van der Waals surface area contributed by atoms with Crippen molar-refractivity contribution in [3.63, 3.8) is 0 Å². The molecule has 4 amide bonds. The number of halogens is 11. The van der Waals surface area contributed by atoms with Crippen LogP contribution in [0.4, 0.5) is 43.9 Å². The molecule has 0 spiro atoms. The maximum absolute atomic E-state index is 15.8. The highest BCUT2D eigenvalue weighted by Gasteiger charge is 2.68. The lowest BCUT2D eigenvalue weighted by Crippen LogP contribution is -2.43. The lowest BCUT2D eigenvalue weighted by Gasteiger charge is -2.31. The van der Waals surface area contributed by atoms with Crippen molar-refractivity contribution in [2.75, 3.05) is 6.26 Å². The first kappa shape index (κ1) is 73.3. The Morgan fingerprint density at radius 1 is 0.927 bits per heavy atom. The van der Waals surface area contributed by atoms with Gasteiger partial charge in [0.25, 0.3) is 17.2 Å². The van der Waals surface area contributed by atoms with Crippen LogP contribution >= 0.6 is 19.4 Å². The lowest BCUT2D eigenvalue weighted by atomic mass is 9.77. The number of carbonyl (C=O) groups excluding carboxylic acids is 4. The second kappa shape index (κ2) is 26.5. The van der Waals surface area contributed by atoms with Crippen molar-refractivity contribution < 1.29 is 119 Å². The summed E-state index contributed by atoms with van der Waals surface area (Å²) in [6.45, 7) is -0.0827. The fourth-order valence-corrected chi connectivity index (χ4v) is 12.5. The number of carboxylic acids is 2. The van der Waals surface area contributed by atoms with E-state index in [4.69, 9.17) is 21.9 Å². The summed E-state index contributed by atoms with van der Waals surface area (Å²) < 4.78 is 215. The van der Waals surface area contributed by atoms with Crippen LogP contribution in [0.2, 0.25) is 5.02 Å². The largest absolute Gasteiger partial charge is 0.524 e. The Bertz CT molecular complexity index is 4470. The van der Waals surface area contributed by atoms with Gasteiger partial charge in [-0.15, -0.1) is 0 Å². The number of pyridine rings is 1. The van der Waals surface area contributed by atoms with Crippen molar-refractivity contribution in [2.24, 2.45) is 11.7 Å². The fourth-order valence-electron chi connectivity index (χ4n) is 11.1. The molecule has 1 unspecified atom stereocenters. The number of nitrogens with zero attached hydrogens (tertiary/aromatic N) is 6. The third kappa shape index (κ3) is 16.3. The van der Waals surface area contributed by atoms with Crippen LogP contribution in [0.5, 0.6) is 5.75 Å². The predicted octanol–water partition coefficient (Wildman–Crippen LogP) is 7.28. The summed E-state index contributed by atoms with van der Waals surface area (Å²) in [5.74, 6) is -14.1. The number of sulfone groups is 1. The Labute approximate surface area is 543 Å². The minimum atomic E-state index is -5.72. The smallest absolute Gasteiger partial charge is 0.481 e. The van der Waals surface area contributed by atoms with Gasteiger partial charge in [-0.3, -0.25) is 47.7 Å². The van der Waals surface area contributed by atoms with Gasteiger partial charge in [0.1, 0.15) is 52.7 Å². The number of aliphatic carboxylic acids is 2. The van der Waals surface area contributed by atoms with Gasteiger partial charge in [0.05, 0.1) is 47.4 Å². The number of aromatic nitrogens is 5. The second-order valence-corrected chi connectivity index (χ2v) is 28.6. The molecule has 3 aromatic carbocycles. The summed E-state index contributed by atoms with van der Waals surface area (Å²) in [7, 11) is -9.72. The molecule has 96 heavy (non-hydrogen) atoms. The number of carbonyl (C=O) groups is 6. The number of nitrogens with two attached hydrogens (primary N) is 1. The van der Waals surface area contributed by atoms with Crippen LogP contribution in [0.25, 0.3) is 22.0 Å². The highest BCUT2D eigenvalue weighted by molar-refractivity contribution is 7.92. The van der Waals surface area contributed by atoms with Crippen LogP contribution in [-0.2, 0) is 99.6 Å². The van der Waals surface area contributed by atoms with Gasteiger partial charge in [0.15, 0.2) is 15.5 Å². The van der Waals surface area contributed by atoms with E-state index in [1.807, 2.05) is 5.32 Å². The molecule has 1 saturated carbocycles. The highest BCUT2D eigenvalue weighted by Crippen LogP contribution is 2.68. The number of fused-ring (bicyclic) bond motifs is 4. The van der Waals surface area contributed by atoms with Gasteiger partial charge in [0, 0.05) is 63.3 Å². The van der Waals surface area contributed by atoms with E-state index in [9.17, 15) is 96.9 Å². The lowest BCUT2D eigenvalue weighted by molar-refractivity contribution is -0.147. The van der Waals surface area contributed by atoms with Gasteiger partial charge >= 0.3 is 32.1 Å². The molecule has 1 fully saturated rings. The zero-order valence-electron chi connectivity index (χ0n) is 50.1. The fraction of sp³-hybridized carbons (Fsp3) is 0.386. The van der Waals surface area contributed by atoms with Crippen molar-refractivity contribution in [1.29, 1.82) is 0 Å². The second-order valence-electron chi connectivity index (χ2n) is 23.5. The molecule has 8 rings (SSSR count). The number of benzene rings is 3. The van der Waals surface area contributed by atoms with E-state index in [-0.39, 0.29) is 36.9 Å². The van der Waals surface area contributed by atoms with E-state index < -0.39 is 246 Å². The van der Waals surface area contributed by atoms with Gasteiger partial charge in [-0.1, -0.05) is 37.4 Å². The number of phosphoric acid groups is 1. The van der Waals surface area contributed by atoms with E-state index in [0.29, 0.717) is 12.1 Å². The number of primary amides is 1. The zero-order chi connectivity index (χ0) is 71.7. The van der Waals surface area contributed by atoms with Gasteiger partial charge < -0.3 is 31.1 Å². The Balaban J connectivity index is 1.28. The Morgan fingerprint density at radius 2 is 1.56 bits per heavy atom. The Kier molecular flexibility index (Phi) is 20.2. The van der Waals surface area contributed by atoms with Crippen molar-refractivity contribution >= 4 is 87.0 Å². The third-order valence-corrected chi connectivity index (χ3v) is 18.9. The third-order valence-electron chi connectivity index (χ3n) is 15.5. The molecule has 9 N–H and O–H groups in total. The molecule has 2 aliphatic carbocycles. The molecular formula is C57H53ClF10N9O16PS2. The first-order chi connectivity index (χ1) is 44.1. The van der Waals surface area contributed by atoms with E-state index >= 15 is 17.6 Å². The molecular weight excluding hydrogens is 1390 g/mol. The average Bonchev–Trinajstić information content (AvgIpc) is 1.52. The van der Waals surface area contributed by atoms with Crippen LogP contribution in [0, 0.1) is 29.4 Å². The zero-order valence-corrected chi connectivity index (χ0v) is 53.4. The van der Waals surface area contributed by atoms with Crippen LogP contribution in [-0.4, -0.2) is 125 Å². The standard InChI is InChI=1S/C57H53ClF10N9O16PS2/c1-53(2,46-26(17-40(78)72-37(52(84)85)20-43(81)82)15-27(51(69)83)16-39(46)93-94(86,87)88)21-42(80)77(95(89)90)22-38-45-35(58)9-8-32(48(45)76(73-38)24-55(61,62)63)31-7-6-30(10-11-54(3,4)96(5,91)92)70-47(31)36(14-25-12-28(59)18-29(60)13-25)71-41(79)23-75-50-44(49(74-75)57(66,67)68)33-19-34(33)56(50,64)65/h6-9,12-13,15-16,18,33-34,36-37H,14,17,19-24H2,1-5H3,(H2,69,83)(H,71,79)(H,72,78)(H,81,82)(H,84,85)(H,89,90)(H2,86,87,88)/t33-,34+,36-,37-/m0/s1. The topological polar surface area (TPSA) is 383 Å². The molecule has 3 aromatic heterocycles. The molecule has 516 valence electrons. The SMILES string of the molecule is CC(C)(CC(=O)N(Cc1nn(CC(F)(F)F)c2c(-c3ccc(C#CC(C)(C)S(C)(=O)=O)nc3[C@H](Cc3cc(F)cc(F)c3)NC(=O)Cn3nc(C(F)(F)F)c4c3C(F)(F)[C@@H]3C[C@H]43)ccc(Cl)c12)S(=O)O)c1c(CC(=O)N[C@@H](CC(=O)O)C(=O)O)cc(C(N)=O)cc1OP(=O)(O)O. The Morgan fingerprint density at radius 3 is 2.12 bits per heavy atom. The maximum Gasteiger partial charge on any atom is 0.524 e. The number of amides is 4. The number of rotatable bonds is 24. The molecule has 6 aromatic rings. The number of alkyl halides is 8. The monoisotopic (exact) mass is 1440 g/mol. The molecule has 0 bridgehead atoms. The minimum Gasteiger partial charge on any atom is -0.481 e. The molecule has 3 heterocycles. The molecule has 0 saturated heterocycles. The van der Waals surface area contributed by atoms with Gasteiger partial charge in [-0.05, 0) is 92.1 Å². The summed E-state index contributed by atoms with van der Waals surface area (Å²) in [5, 5.41) is 29.6. The van der Waals surface area contributed by atoms with Crippen LogP contribution in [0.1, 0.15) is 120 Å². The van der Waals surface area contributed by atoms with Crippen LogP contribution < -0.4 is 20.9 Å². The maximum atomic E-state index is 15.8. The molecule has 5 atom stereocenters. The number of nitrogens with one attached hydrogen (secondary N) is 2. The summed E-state index contributed by atoms with van der Waals surface area (Å²) in [6, 6.07) is 3.77. The summed E-state index contributed by atoms with van der Waals surface area (Å²) in [5.41, 5.74) is -5.41. The van der Waals surface area contributed by atoms with Crippen molar-refractivity contribution in [2.45, 2.75) is 126 Å². The summed E-state index contributed by atoms with van der Waals surface area (Å²) in [6.07, 6.45) is -14.2. The molecule has 0 aliphatic heterocycles. The van der Waals surface area contributed by atoms with Gasteiger partial charge in [-0.25, -0.2) is 40.1 Å². The van der Waals surface area contributed by atoms with Gasteiger partial charge in [-0.2, -0.15) is 45.3 Å². The summed E-state index contributed by atoms with van der Waals surface area (Å²) >= 11 is 3.24. The summed E-state index contributed by atoms with van der Waals surface area (Å²) in [4.78, 5) is 103. The number of carboxylic acid groups (broad SMARTS) is 2. The van der Waals surface area contributed by atoms with Crippen molar-refractivity contribution in [3.05, 3.63) is 128 Å². The van der Waals surface area contributed by atoms with Gasteiger partial charge in [0.2, 0.25) is 23.6 Å². The number of phosphoric ester groups is 1. The van der Waals surface area contributed by atoms with E-state index in [1.54, 1.807) is 0 Å². The van der Waals surface area contributed by atoms with Crippen LogP contribution in [0.15, 0.2) is 54.6 Å². The van der Waals surface area contributed by atoms with Crippen LogP contribution in [0.3, 0.4) is 0 Å². The van der Waals surface area contributed by atoms with E-state index in [1.165, 1.54) is 13.8 Å². The number of hydrogen-bond donors (Lipinski definition) is 8. The van der Waals surface area contributed by atoms with E-state index in [0.717, 1.165) is 62.6 Å². The van der Waals surface area contributed by atoms with Crippen molar-refractivity contribution in [3.8, 4) is 28.7 Å². The number of hydrogen-bond acceptors (Lipinski definition) is 14. The Hall–Kier alpha value is -8.53. The normalized spacial score (nSPS) is 16.3.